The van der Waals surface area contributed by atoms with Crippen molar-refractivity contribution in [2.24, 2.45) is 4.99 Å². The van der Waals surface area contributed by atoms with Crippen LogP contribution in [0.4, 0.5) is 0 Å². The number of nitrogens with zero attached hydrogens (tertiary/aromatic N) is 5. The summed E-state index contributed by atoms with van der Waals surface area (Å²) in [5.74, 6) is 1.17. The number of amides is 1. The van der Waals surface area contributed by atoms with Gasteiger partial charge >= 0.3 is 0 Å². The van der Waals surface area contributed by atoms with E-state index in [2.05, 4.69) is 32.1 Å². The number of hydrogen-bond acceptors (Lipinski definition) is 4. The molecule has 0 radical (unpaired) electrons. The maximum atomic E-state index is 11.6. The van der Waals surface area contributed by atoms with Crippen molar-refractivity contribution in [3.63, 3.8) is 0 Å². The van der Waals surface area contributed by atoms with E-state index in [9.17, 15) is 4.79 Å². The van der Waals surface area contributed by atoms with E-state index in [0.717, 1.165) is 38.7 Å². The van der Waals surface area contributed by atoms with Gasteiger partial charge in [0.25, 0.3) is 0 Å². The van der Waals surface area contributed by atoms with Crippen molar-refractivity contribution in [2.75, 3.05) is 73.0 Å². The second-order valence-electron chi connectivity index (χ2n) is 8.47. The summed E-state index contributed by atoms with van der Waals surface area (Å²) in [4.78, 5) is 25.6. The first kappa shape index (κ1) is 20.4. The smallest absolute Gasteiger partial charge is 0.219 e. The van der Waals surface area contributed by atoms with Crippen LogP contribution in [0.1, 0.15) is 39.0 Å². The standard InChI is InChI=1S/C20H38N6O/c1-18(27)24-13-15-25(16-14-24)19(21-2)22-17-20(7-11-23(3)12-8-20)26-9-5-4-6-10-26/h4-17H2,1-3H3,(H,21,22). The van der Waals surface area contributed by atoms with Crippen molar-refractivity contribution < 1.29 is 4.79 Å². The largest absolute Gasteiger partial charge is 0.354 e. The summed E-state index contributed by atoms with van der Waals surface area (Å²) < 4.78 is 0. The van der Waals surface area contributed by atoms with E-state index in [1.54, 1.807) is 6.92 Å². The highest BCUT2D eigenvalue weighted by molar-refractivity contribution is 5.80. The molecule has 27 heavy (non-hydrogen) atoms. The Labute approximate surface area is 164 Å². The topological polar surface area (TPSA) is 54.4 Å². The summed E-state index contributed by atoms with van der Waals surface area (Å²) in [7, 11) is 4.11. The van der Waals surface area contributed by atoms with Gasteiger partial charge in [-0.15, -0.1) is 0 Å². The number of hydrogen-bond donors (Lipinski definition) is 1. The summed E-state index contributed by atoms with van der Waals surface area (Å²) >= 11 is 0. The summed E-state index contributed by atoms with van der Waals surface area (Å²) in [5.41, 5.74) is 0.254. The van der Waals surface area contributed by atoms with Gasteiger partial charge in [0.2, 0.25) is 5.91 Å². The van der Waals surface area contributed by atoms with Gasteiger partial charge in [-0.1, -0.05) is 6.42 Å². The molecule has 154 valence electrons. The van der Waals surface area contributed by atoms with Crippen LogP contribution in [0, 0.1) is 0 Å². The lowest BCUT2D eigenvalue weighted by Gasteiger charge is -2.50. The zero-order valence-electron chi connectivity index (χ0n) is 17.5. The minimum atomic E-state index is 0.174. The van der Waals surface area contributed by atoms with E-state index in [0.29, 0.717) is 0 Å². The molecule has 0 atom stereocenters. The third kappa shape index (κ3) is 4.93. The Bertz CT molecular complexity index is 515. The van der Waals surface area contributed by atoms with Gasteiger partial charge in [0.15, 0.2) is 5.96 Å². The SMILES string of the molecule is CN=C(NCC1(N2CCCCC2)CCN(C)CC1)N1CCN(C(C)=O)CC1. The lowest BCUT2D eigenvalue weighted by atomic mass is 9.84. The Kier molecular flexibility index (Phi) is 6.98. The maximum Gasteiger partial charge on any atom is 0.219 e. The van der Waals surface area contributed by atoms with Crippen LogP contribution in [0.25, 0.3) is 0 Å². The van der Waals surface area contributed by atoms with Crippen LogP contribution >= 0.6 is 0 Å². The molecule has 1 N–H and O–H groups in total. The van der Waals surface area contributed by atoms with E-state index >= 15 is 0 Å². The Balaban J connectivity index is 1.61. The monoisotopic (exact) mass is 378 g/mol. The molecular weight excluding hydrogens is 340 g/mol. The normalized spacial score (nSPS) is 25.5. The van der Waals surface area contributed by atoms with Crippen molar-refractivity contribution >= 4 is 11.9 Å². The minimum absolute atomic E-state index is 0.174. The molecule has 3 aliphatic rings. The van der Waals surface area contributed by atoms with Crippen molar-refractivity contribution in [3.8, 4) is 0 Å². The summed E-state index contributed by atoms with van der Waals surface area (Å²) in [6.07, 6.45) is 6.50. The highest BCUT2D eigenvalue weighted by Gasteiger charge is 2.40. The van der Waals surface area contributed by atoms with E-state index in [4.69, 9.17) is 0 Å². The Hall–Kier alpha value is -1.34. The van der Waals surface area contributed by atoms with E-state index < -0.39 is 0 Å². The van der Waals surface area contributed by atoms with Gasteiger partial charge in [-0.3, -0.25) is 14.7 Å². The Morgan fingerprint density at radius 3 is 2.07 bits per heavy atom. The molecule has 7 heteroatoms. The molecule has 0 bridgehead atoms. The predicted octanol–water partition coefficient (Wildman–Crippen LogP) is 0.676. The fourth-order valence-corrected chi connectivity index (χ4v) is 4.82. The lowest BCUT2D eigenvalue weighted by Crippen LogP contribution is -2.63. The molecular formula is C20H38N6O. The van der Waals surface area contributed by atoms with Crippen LogP contribution in [0.5, 0.6) is 0 Å². The van der Waals surface area contributed by atoms with Crippen molar-refractivity contribution in [2.45, 2.75) is 44.6 Å². The number of carbonyl (C=O) groups excluding carboxylic acids is 1. The molecule has 0 aliphatic carbocycles. The van der Waals surface area contributed by atoms with Gasteiger partial charge in [0.05, 0.1) is 0 Å². The molecule has 3 aliphatic heterocycles. The summed E-state index contributed by atoms with van der Waals surface area (Å²) in [5, 5.41) is 3.72. The number of carbonyl (C=O) groups is 1. The average Bonchev–Trinajstić information content (AvgIpc) is 2.71. The van der Waals surface area contributed by atoms with Gasteiger partial charge in [0, 0.05) is 52.2 Å². The first-order valence-electron chi connectivity index (χ1n) is 10.7. The third-order valence-electron chi connectivity index (χ3n) is 6.76. The molecule has 0 unspecified atom stereocenters. The quantitative estimate of drug-likeness (QED) is 0.578. The van der Waals surface area contributed by atoms with Crippen LogP contribution in [0.3, 0.4) is 0 Å². The Morgan fingerprint density at radius 1 is 0.926 bits per heavy atom. The van der Waals surface area contributed by atoms with Crippen molar-refractivity contribution in [1.29, 1.82) is 0 Å². The Morgan fingerprint density at radius 2 is 1.52 bits per heavy atom. The van der Waals surface area contributed by atoms with Gasteiger partial charge in [-0.05, 0) is 58.9 Å². The zero-order valence-corrected chi connectivity index (χ0v) is 17.5. The molecule has 1 amide bonds. The summed E-state index contributed by atoms with van der Waals surface area (Å²) in [6, 6.07) is 0. The molecule has 3 fully saturated rings. The molecule has 3 rings (SSSR count). The number of piperazine rings is 1. The average molecular weight is 379 g/mol. The van der Waals surface area contributed by atoms with Gasteiger partial charge in [-0.2, -0.15) is 0 Å². The highest BCUT2D eigenvalue weighted by atomic mass is 16.2. The second-order valence-corrected chi connectivity index (χ2v) is 8.47. The number of piperidine rings is 2. The van der Waals surface area contributed by atoms with E-state index in [1.165, 1.54) is 58.3 Å². The van der Waals surface area contributed by atoms with E-state index in [1.807, 2.05) is 11.9 Å². The number of guanidine groups is 1. The second kappa shape index (κ2) is 9.24. The van der Waals surface area contributed by atoms with Crippen LogP contribution in [0.15, 0.2) is 4.99 Å². The molecule has 0 aromatic heterocycles. The van der Waals surface area contributed by atoms with E-state index in [-0.39, 0.29) is 11.4 Å². The van der Waals surface area contributed by atoms with Gasteiger partial charge in [0.1, 0.15) is 0 Å². The molecule has 3 heterocycles. The van der Waals surface area contributed by atoms with Crippen LogP contribution in [-0.4, -0.2) is 110 Å². The predicted molar refractivity (Wildman–Crippen MR) is 110 cm³/mol. The van der Waals surface area contributed by atoms with Crippen molar-refractivity contribution in [3.05, 3.63) is 0 Å². The zero-order chi connectivity index (χ0) is 19.3. The lowest BCUT2D eigenvalue weighted by molar-refractivity contribution is -0.130. The number of rotatable bonds is 3. The third-order valence-corrected chi connectivity index (χ3v) is 6.76. The number of nitrogens with one attached hydrogen (secondary N) is 1. The molecule has 0 saturated carbocycles. The van der Waals surface area contributed by atoms with Crippen LogP contribution < -0.4 is 5.32 Å². The van der Waals surface area contributed by atoms with Crippen LogP contribution in [-0.2, 0) is 4.79 Å². The maximum absolute atomic E-state index is 11.6. The fraction of sp³-hybridized carbons (Fsp3) is 0.900. The van der Waals surface area contributed by atoms with Gasteiger partial charge in [-0.25, -0.2) is 0 Å². The van der Waals surface area contributed by atoms with Crippen LogP contribution in [0.2, 0.25) is 0 Å². The molecule has 7 nitrogen and oxygen atoms in total. The minimum Gasteiger partial charge on any atom is -0.354 e. The summed E-state index contributed by atoms with van der Waals surface area (Å²) in [6.45, 7) is 10.8. The highest BCUT2D eigenvalue weighted by Crippen LogP contribution is 2.31. The molecule has 3 saturated heterocycles. The molecule has 0 aromatic rings. The number of likely N-dealkylation sites (tertiary alicyclic amines) is 2. The van der Waals surface area contributed by atoms with Gasteiger partial charge < -0.3 is 20.0 Å². The first-order chi connectivity index (χ1) is 13.0. The number of aliphatic imine (C=N–C) groups is 1. The molecule has 0 spiro atoms. The van der Waals surface area contributed by atoms with Crippen molar-refractivity contribution in [1.82, 2.24) is 24.9 Å². The molecule has 0 aromatic carbocycles. The first-order valence-corrected chi connectivity index (χ1v) is 10.7. The fourth-order valence-electron chi connectivity index (χ4n) is 4.82.